The first-order valence-electron chi connectivity index (χ1n) is 8.25. The zero-order valence-corrected chi connectivity index (χ0v) is 14.3. The van der Waals surface area contributed by atoms with Gasteiger partial charge in [-0.1, -0.05) is 12.1 Å². The lowest BCUT2D eigenvalue weighted by Crippen LogP contribution is -2.46. The molecule has 1 aliphatic heterocycles. The molecule has 2 aromatic rings. The lowest BCUT2D eigenvalue weighted by molar-refractivity contribution is 0.0942. The number of carbonyl (C=O) groups excluding carboxylic acids is 1. The van der Waals surface area contributed by atoms with Gasteiger partial charge in [-0.25, -0.2) is 9.37 Å². The number of anilines is 1. The Morgan fingerprint density at radius 3 is 2.62 bits per heavy atom. The number of amides is 1. The minimum Gasteiger partial charge on any atom is -0.501 e. The third kappa shape index (κ3) is 3.67. The second-order valence-electron chi connectivity index (χ2n) is 6.02. The molecule has 1 aliphatic rings. The molecule has 138 valence electrons. The number of nitrogens with one attached hydrogen (secondary N) is 2. The number of carbonyl (C=O) groups is 1. The molecule has 3 rings (SSSR count). The number of rotatable bonds is 4. The van der Waals surface area contributed by atoms with Crippen LogP contribution in [0.4, 0.5) is 10.3 Å². The fourth-order valence-electron chi connectivity index (χ4n) is 2.75. The Morgan fingerprint density at radius 1 is 1.31 bits per heavy atom. The van der Waals surface area contributed by atoms with Crippen molar-refractivity contribution in [1.82, 2.24) is 20.2 Å². The minimum atomic E-state index is -0.692. The van der Waals surface area contributed by atoms with E-state index in [1.54, 1.807) is 12.1 Å². The third-order valence-corrected chi connectivity index (χ3v) is 4.22. The summed E-state index contributed by atoms with van der Waals surface area (Å²) in [6, 6.07) is 5.66. The van der Waals surface area contributed by atoms with Crippen LogP contribution in [-0.2, 0) is 13.6 Å². The summed E-state index contributed by atoms with van der Waals surface area (Å²) < 4.78 is 14.2. The number of piperazine rings is 1. The molecule has 9 heteroatoms. The normalized spacial score (nSPS) is 14.3. The second-order valence-corrected chi connectivity index (χ2v) is 6.02. The van der Waals surface area contributed by atoms with Gasteiger partial charge in [-0.3, -0.25) is 14.2 Å². The summed E-state index contributed by atoms with van der Waals surface area (Å²) in [5.74, 6) is -1.39. The number of halogens is 1. The zero-order chi connectivity index (χ0) is 18.7. The van der Waals surface area contributed by atoms with Gasteiger partial charge in [0.1, 0.15) is 5.82 Å². The molecule has 2 heterocycles. The van der Waals surface area contributed by atoms with Crippen LogP contribution in [0.15, 0.2) is 29.1 Å². The zero-order valence-electron chi connectivity index (χ0n) is 14.3. The highest BCUT2D eigenvalue weighted by molar-refractivity contribution is 5.95. The Hall–Kier alpha value is -2.94. The molecule has 3 N–H and O–H groups in total. The van der Waals surface area contributed by atoms with Crippen molar-refractivity contribution < 1.29 is 14.3 Å². The summed E-state index contributed by atoms with van der Waals surface area (Å²) in [5.41, 5.74) is -0.311. The van der Waals surface area contributed by atoms with E-state index in [9.17, 15) is 19.1 Å². The molecule has 0 aliphatic carbocycles. The van der Waals surface area contributed by atoms with Gasteiger partial charge in [0.15, 0.2) is 5.69 Å². The largest absolute Gasteiger partial charge is 0.501 e. The summed E-state index contributed by atoms with van der Waals surface area (Å²) in [7, 11) is 1.51. The van der Waals surface area contributed by atoms with Crippen molar-refractivity contribution in [3.05, 3.63) is 51.7 Å². The lowest BCUT2D eigenvalue weighted by atomic mass is 10.2. The molecular formula is C17H20FN5O3. The fraction of sp³-hybridized carbons (Fsp3) is 0.353. The average molecular weight is 361 g/mol. The van der Waals surface area contributed by atoms with Crippen molar-refractivity contribution in [1.29, 1.82) is 0 Å². The summed E-state index contributed by atoms with van der Waals surface area (Å²) in [6.45, 7) is 2.88. The van der Waals surface area contributed by atoms with E-state index >= 15 is 0 Å². The topological polar surface area (TPSA) is 99.5 Å². The van der Waals surface area contributed by atoms with Crippen LogP contribution in [0.2, 0.25) is 0 Å². The Labute approximate surface area is 149 Å². The standard InChI is InChI=1S/C17H20FN5O3/c1-22-16(26)14(24)13(21-17(22)23-8-6-19-7-9-23)15(25)20-10-11-2-4-12(18)5-3-11/h2-5,19,24H,6-10H2,1H3,(H,20,25). The first kappa shape index (κ1) is 17.9. The van der Waals surface area contributed by atoms with E-state index in [2.05, 4.69) is 15.6 Å². The lowest BCUT2D eigenvalue weighted by Gasteiger charge is -2.29. The molecule has 1 aromatic heterocycles. The van der Waals surface area contributed by atoms with E-state index in [1.807, 2.05) is 4.90 Å². The molecule has 0 saturated carbocycles. The molecule has 8 nitrogen and oxygen atoms in total. The molecule has 26 heavy (non-hydrogen) atoms. The first-order valence-corrected chi connectivity index (χ1v) is 8.25. The third-order valence-electron chi connectivity index (χ3n) is 4.22. The molecule has 1 aromatic carbocycles. The van der Waals surface area contributed by atoms with Crippen molar-refractivity contribution in [2.24, 2.45) is 7.05 Å². The van der Waals surface area contributed by atoms with Crippen molar-refractivity contribution in [2.45, 2.75) is 6.54 Å². The SMILES string of the molecule is Cn1c(N2CCNCC2)nc(C(=O)NCc2ccc(F)cc2)c(O)c1=O. The van der Waals surface area contributed by atoms with E-state index in [0.717, 1.165) is 13.1 Å². The molecule has 0 spiro atoms. The minimum absolute atomic E-state index is 0.123. The van der Waals surface area contributed by atoms with E-state index in [1.165, 1.54) is 23.7 Å². The Kier molecular flexibility index (Phi) is 5.17. The molecular weight excluding hydrogens is 341 g/mol. The predicted molar refractivity (Wildman–Crippen MR) is 93.8 cm³/mol. The van der Waals surface area contributed by atoms with Gasteiger partial charge in [0.2, 0.25) is 11.7 Å². The number of benzene rings is 1. The van der Waals surface area contributed by atoms with Gasteiger partial charge < -0.3 is 20.6 Å². The Bertz CT molecular complexity index is 860. The van der Waals surface area contributed by atoms with Gasteiger partial charge in [0.05, 0.1) is 0 Å². The van der Waals surface area contributed by atoms with Crippen LogP contribution in [0.5, 0.6) is 5.75 Å². The highest BCUT2D eigenvalue weighted by Gasteiger charge is 2.23. The molecule has 0 bridgehead atoms. The van der Waals surface area contributed by atoms with Crippen LogP contribution in [0.1, 0.15) is 16.1 Å². The molecule has 1 saturated heterocycles. The summed E-state index contributed by atoms with van der Waals surface area (Å²) >= 11 is 0. The highest BCUT2D eigenvalue weighted by Crippen LogP contribution is 2.16. The maximum atomic E-state index is 12.9. The van der Waals surface area contributed by atoms with Crippen molar-refractivity contribution in [3.63, 3.8) is 0 Å². The van der Waals surface area contributed by atoms with Crippen molar-refractivity contribution in [2.75, 3.05) is 31.1 Å². The monoisotopic (exact) mass is 361 g/mol. The smallest absolute Gasteiger partial charge is 0.297 e. The molecule has 1 fully saturated rings. The van der Waals surface area contributed by atoms with Crippen LogP contribution < -0.4 is 21.1 Å². The highest BCUT2D eigenvalue weighted by atomic mass is 19.1. The van der Waals surface area contributed by atoms with Crippen LogP contribution in [-0.4, -0.2) is 46.7 Å². The molecule has 1 amide bonds. The molecule has 0 radical (unpaired) electrons. The van der Waals surface area contributed by atoms with Crippen LogP contribution in [0, 0.1) is 5.82 Å². The van der Waals surface area contributed by atoms with Gasteiger partial charge in [-0.2, -0.15) is 0 Å². The van der Waals surface area contributed by atoms with Crippen molar-refractivity contribution in [3.8, 4) is 5.75 Å². The van der Waals surface area contributed by atoms with Crippen LogP contribution >= 0.6 is 0 Å². The summed E-state index contributed by atoms with van der Waals surface area (Å²) in [4.78, 5) is 30.8. The Balaban J connectivity index is 1.83. The van der Waals surface area contributed by atoms with Gasteiger partial charge >= 0.3 is 0 Å². The van der Waals surface area contributed by atoms with E-state index in [-0.39, 0.29) is 18.1 Å². The number of hydrogen-bond acceptors (Lipinski definition) is 6. The summed E-state index contributed by atoms with van der Waals surface area (Å²) in [5, 5.41) is 15.9. The maximum absolute atomic E-state index is 12.9. The Morgan fingerprint density at radius 2 is 1.96 bits per heavy atom. The first-order chi connectivity index (χ1) is 12.5. The van der Waals surface area contributed by atoms with Gasteiger partial charge in [0.25, 0.3) is 11.5 Å². The molecule has 0 atom stereocenters. The van der Waals surface area contributed by atoms with E-state index in [4.69, 9.17) is 0 Å². The van der Waals surface area contributed by atoms with Gasteiger partial charge in [0, 0.05) is 39.8 Å². The van der Waals surface area contributed by atoms with Crippen LogP contribution in [0.3, 0.4) is 0 Å². The molecule has 0 unspecified atom stereocenters. The van der Waals surface area contributed by atoms with Gasteiger partial charge in [-0.15, -0.1) is 0 Å². The average Bonchev–Trinajstić information content (AvgIpc) is 2.66. The number of nitrogens with zero attached hydrogens (tertiary/aromatic N) is 3. The maximum Gasteiger partial charge on any atom is 0.297 e. The quantitative estimate of drug-likeness (QED) is 0.707. The number of hydrogen-bond donors (Lipinski definition) is 3. The predicted octanol–water partition coefficient (Wildman–Crippen LogP) is -0.0354. The summed E-state index contributed by atoms with van der Waals surface area (Å²) in [6.07, 6.45) is 0. The van der Waals surface area contributed by atoms with E-state index < -0.39 is 17.2 Å². The van der Waals surface area contributed by atoms with Crippen LogP contribution in [0.25, 0.3) is 0 Å². The number of aromatic nitrogens is 2. The van der Waals surface area contributed by atoms with E-state index in [0.29, 0.717) is 24.6 Å². The number of aromatic hydroxyl groups is 1. The fourth-order valence-corrected chi connectivity index (χ4v) is 2.75. The second kappa shape index (κ2) is 7.52. The van der Waals surface area contributed by atoms with Crippen molar-refractivity contribution >= 4 is 11.9 Å². The van der Waals surface area contributed by atoms with Gasteiger partial charge in [-0.05, 0) is 17.7 Å².